The molecule has 2 amide bonds. The molecule has 235 valence electrons. The molecular weight excluding hydrogens is 635 g/mol. The minimum absolute atomic E-state index is 0. The summed E-state index contributed by atoms with van der Waals surface area (Å²) in [5, 5.41) is 8.47. The minimum atomic E-state index is 0. The SMILES string of the molecule is CN(C)C=O.CN(C)C=O.[Co+2].[N-]=C=S.c1ccc2[n-]c(CN(Cc3nc4ccccc4[nH]3)Cc3nc4ccccc4[nH]3)nc2c1. The molecule has 2 N–H and O–H groups in total. The van der Waals surface area contributed by atoms with Crippen molar-refractivity contribution in [2.24, 2.45) is 0 Å². The molecule has 0 aliphatic carbocycles. The number of para-hydroxylation sites is 6. The third-order valence-electron chi connectivity index (χ3n) is 5.79. The molecule has 0 saturated carbocycles. The third kappa shape index (κ3) is 11.7. The second-order valence-corrected chi connectivity index (χ2v) is 10.1. The standard InChI is InChI=1S/C24H20N7.2C3H7NO.CNS.Co/c1-2-8-17-16(7-1)25-22(26-17)13-31(14-23-27-18-9-3-4-10-19(18)28-23)15-24-29-20-11-5-6-12-21(20)30-24;2*1-4(2)3-5;2-1-3;/h1-12H,13-15H2,(H2-,25,26,27,28,29,30);2*3H,1-2H3;;/q-1;;;-1;+2. The molecule has 6 aromatic rings. The zero-order valence-corrected chi connectivity index (χ0v) is 27.2. The first-order valence-electron chi connectivity index (χ1n) is 13.5. The van der Waals surface area contributed by atoms with Gasteiger partial charge in [0, 0.05) is 34.7 Å². The number of fused-ring (bicyclic) bond motifs is 3. The van der Waals surface area contributed by atoms with Crippen LogP contribution in [0.25, 0.3) is 38.5 Å². The van der Waals surface area contributed by atoms with Crippen molar-refractivity contribution in [1.29, 1.82) is 0 Å². The summed E-state index contributed by atoms with van der Waals surface area (Å²) in [6, 6.07) is 24.1. The summed E-state index contributed by atoms with van der Waals surface area (Å²) < 4.78 is 0. The first-order valence-corrected chi connectivity index (χ1v) is 13.9. The summed E-state index contributed by atoms with van der Waals surface area (Å²) in [6.07, 6.45) is 1.50. The van der Waals surface area contributed by atoms with Crippen molar-refractivity contribution in [1.82, 2.24) is 44.6 Å². The van der Waals surface area contributed by atoms with Crippen LogP contribution in [0.1, 0.15) is 17.5 Å². The summed E-state index contributed by atoms with van der Waals surface area (Å²) in [7, 11) is 6.75. The average molecular weight is 670 g/mol. The molecule has 3 aromatic carbocycles. The van der Waals surface area contributed by atoms with E-state index in [2.05, 4.69) is 27.1 Å². The molecule has 0 aliphatic heterocycles. The molecule has 12 nitrogen and oxygen atoms in total. The average Bonchev–Trinajstić information content (AvgIpc) is 3.73. The van der Waals surface area contributed by atoms with Gasteiger partial charge in [0.05, 0.1) is 35.2 Å². The van der Waals surface area contributed by atoms with E-state index in [1.54, 1.807) is 28.2 Å². The predicted molar refractivity (Wildman–Crippen MR) is 176 cm³/mol. The Morgan fingerprint density at radius 3 is 1.53 bits per heavy atom. The number of thiocarbonyl (C=S) groups is 1. The van der Waals surface area contributed by atoms with E-state index in [0.717, 1.165) is 63.4 Å². The molecule has 1 radical (unpaired) electrons. The maximum absolute atomic E-state index is 9.43. The Hall–Kier alpha value is -4.72. The fourth-order valence-corrected chi connectivity index (χ4v) is 3.98. The van der Waals surface area contributed by atoms with Gasteiger partial charge in [-0.15, -0.1) is 0 Å². The van der Waals surface area contributed by atoms with Crippen molar-refractivity contribution in [3.05, 3.63) is 95.7 Å². The minimum Gasteiger partial charge on any atom is -0.753 e. The van der Waals surface area contributed by atoms with Crippen LogP contribution in [0, 0.1) is 0 Å². The molecule has 14 heteroatoms. The van der Waals surface area contributed by atoms with Gasteiger partial charge in [0.2, 0.25) is 12.8 Å². The number of nitrogens with one attached hydrogen (secondary N) is 2. The first kappa shape index (κ1) is 36.5. The molecule has 0 aliphatic rings. The van der Waals surface area contributed by atoms with Crippen LogP contribution in [0.3, 0.4) is 0 Å². The topological polar surface area (TPSA) is 151 Å². The maximum Gasteiger partial charge on any atom is 2.00 e. The van der Waals surface area contributed by atoms with Crippen LogP contribution in [0.15, 0.2) is 72.8 Å². The van der Waals surface area contributed by atoms with Crippen LogP contribution in [-0.2, 0) is 46.0 Å². The summed E-state index contributed by atoms with van der Waals surface area (Å²) in [5.74, 6) is 2.62. The Morgan fingerprint density at radius 1 is 0.733 bits per heavy atom. The Morgan fingerprint density at radius 2 is 1.13 bits per heavy atom. The van der Waals surface area contributed by atoms with Crippen molar-refractivity contribution in [3.8, 4) is 0 Å². The van der Waals surface area contributed by atoms with Crippen molar-refractivity contribution < 1.29 is 26.4 Å². The molecule has 0 spiro atoms. The van der Waals surface area contributed by atoms with E-state index in [1.807, 2.05) is 72.8 Å². The van der Waals surface area contributed by atoms with Crippen LogP contribution < -0.4 is 4.98 Å². The molecule has 0 bridgehead atoms. The summed E-state index contributed by atoms with van der Waals surface area (Å²) >= 11 is 3.70. The number of hydrogen-bond acceptors (Lipinski definition) is 7. The molecule has 0 atom stereocenters. The number of hydrogen-bond donors (Lipinski definition) is 2. The van der Waals surface area contributed by atoms with Crippen LogP contribution in [-0.4, -0.2) is 85.8 Å². The zero-order chi connectivity index (χ0) is 31.9. The van der Waals surface area contributed by atoms with E-state index in [0.29, 0.717) is 19.6 Å². The van der Waals surface area contributed by atoms with Gasteiger partial charge in [-0.05, 0) is 35.3 Å². The van der Waals surface area contributed by atoms with Gasteiger partial charge in [-0.25, -0.2) is 9.97 Å². The number of rotatable bonds is 8. The van der Waals surface area contributed by atoms with Gasteiger partial charge in [0.25, 0.3) is 0 Å². The van der Waals surface area contributed by atoms with Gasteiger partial charge >= 0.3 is 16.8 Å². The number of carbonyl (C=O) groups excluding carboxylic acids is 2. The number of H-pyrrole nitrogens is 2. The number of isothiocyanates is 1. The van der Waals surface area contributed by atoms with E-state index in [-0.39, 0.29) is 16.8 Å². The molecular formula is C31H34CoN10O2S. The molecule has 6 rings (SSSR count). The quantitative estimate of drug-likeness (QED) is 0.139. The normalized spacial score (nSPS) is 9.89. The Balaban J connectivity index is 0.000000432. The van der Waals surface area contributed by atoms with Crippen molar-refractivity contribution in [2.45, 2.75) is 19.6 Å². The maximum atomic E-state index is 9.43. The summed E-state index contributed by atoms with van der Waals surface area (Å²) in [5.41, 5.74) is 5.86. The Kier molecular flexibility index (Phi) is 15.3. The fourth-order valence-electron chi connectivity index (χ4n) is 3.98. The number of amides is 2. The van der Waals surface area contributed by atoms with E-state index < -0.39 is 0 Å². The number of nitrogens with zero attached hydrogens (tertiary/aromatic N) is 8. The molecule has 45 heavy (non-hydrogen) atoms. The van der Waals surface area contributed by atoms with Gasteiger partial charge < -0.3 is 35.1 Å². The molecule has 0 fully saturated rings. The summed E-state index contributed by atoms with van der Waals surface area (Å²) in [4.78, 5) is 49.8. The number of benzene rings is 3. The first-order chi connectivity index (χ1) is 21.3. The Labute approximate surface area is 277 Å². The number of aromatic amines is 2. The number of aromatic nitrogens is 6. The largest absolute Gasteiger partial charge is 2.00 e. The molecule has 0 unspecified atom stereocenters. The van der Waals surface area contributed by atoms with Crippen molar-refractivity contribution in [2.75, 3.05) is 28.2 Å². The second-order valence-electron chi connectivity index (χ2n) is 9.90. The zero-order valence-electron chi connectivity index (χ0n) is 25.3. The van der Waals surface area contributed by atoms with Gasteiger partial charge in [0.1, 0.15) is 11.6 Å². The van der Waals surface area contributed by atoms with Crippen LogP contribution in [0.4, 0.5) is 0 Å². The molecule has 0 saturated heterocycles. The number of carbonyl (C=O) groups is 2. The van der Waals surface area contributed by atoms with Gasteiger partial charge in [-0.2, -0.15) is 5.16 Å². The van der Waals surface area contributed by atoms with Crippen LogP contribution in [0.5, 0.6) is 0 Å². The number of imidazole rings is 3. The summed E-state index contributed by atoms with van der Waals surface area (Å²) in [6.45, 7) is 1.87. The third-order valence-corrected chi connectivity index (χ3v) is 5.79. The monoisotopic (exact) mass is 669 g/mol. The second kappa shape index (κ2) is 18.8. The van der Waals surface area contributed by atoms with Crippen molar-refractivity contribution in [3.63, 3.8) is 0 Å². The predicted octanol–water partition coefficient (Wildman–Crippen LogP) is 4.21. The van der Waals surface area contributed by atoms with E-state index in [1.165, 1.54) is 15.0 Å². The molecule has 3 aromatic heterocycles. The van der Waals surface area contributed by atoms with Crippen LogP contribution in [0.2, 0.25) is 0 Å². The van der Waals surface area contributed by atoms with E-state index >= 15 is 0 Å². The Bertz CT molecular complexity index is 1520. The van der Waals surface area contributed by atoms with Gasteiger partial charge in [-0.1, -0.05) is 66.6 Å². The van der Waals surface area contributed by atoms with Crippen LogP contribution >= 0.6 is 12.2 Å². The smallest absolute Gasteiger partial charge is 0.753 e. The van der Waals surface area contributed by atoms with E-state index in [4.69, 9.17) is 25.3 Å². The fraction of sp³-hybridized carbons (Fsp3) is 0.226. The van der Waals surface area contributed by atoms with Crippen molar-refractivity contribution >= 4 is 63.3 Å². The van der Waals surface area contributed by atoms with E-state index in [9.17, 15) is 9.59 Å². The van der Waals surface area contributed by atoms with Gasteiger partial charge in [0.15, 0.2) is 0 Å². The van der Waals surface area contributed by atoms with Gasteiger partial charge in [-0.3, -0.25) is 14.5 Å². The molecule has 3 heterocycles.